The largest absolute Gasteiger partial charge is 0.362 e. The van der Waals surface area contributed by atoms with Gasteiger partial charge in [-0.1, -0.05) is 19.8 Å². The van der Waals surface area contributed by atoms with Gasteiger partial charge in [0.1, 0.15) is 11.6 Å². The van der Waals surface area contributed by atoms with Gasteiger partial charge in [0.05, 0.1) is 0 Å². The first-order chi connectivity index (χ1) is 11.6. The van der Waals surface area contributed by atoms with Crippen LogP contribution in [0.1, 0.15) is 31.9 Å². The van der Waals surface area contributed by atoms with Crippen molar-refractivity contribution in [2.45, 2.75) is 33.1 Å². The highest BCUT2D eigenvalue weighted by molar-refractivity contribution is 7.80. The number of nitrogens with one attached hydrogen (secondary N) is 3. The van der Waals surface area contributed by atoms with E-state index in [1.165, 1.54) is 25.0 Å². The summed E-state index contributed by atoms with van der Waals surface area (Å²) in [7, 11) is 0. The maximum atomic E-state index is 13.0. The van der Waals surface area contributed by atoms with Gasteiger partial charge < -0.3 is 16.0 Å². The molecule has 1 heterocycles. The average Bonchev–Trinajstić information content (AvgIpc) is 2.53. The molecule has 7 heteroatoms. The highest BCUT2D eigenvalue weighted by Gasteiger charge is 2.05. The van der Waals surface area contributed by atoms with Crippen LogP contribution in [0.25, 0.3) is 0 Å². The van der Waals surface area contributed by atoms with Crippen molar-refractivity contribution >= 4 is 34.8 Å². The number of aryl methyl sites for hydroxylation is 1. The Bertz CT molecular complexity index is 675. The van der Waals surface area contributed by atoms with Gasteiger partial charge in [-0.15, -0.1) is 0 Å². The molecule has 0 spiro atoms. The molecule has 3 N–H and O–H groups in total. The molecule has 0 saturated carbocycles. The first-order valence-corrected chi connectivity index (χ1v) is 8.41. The van der Waals surface area contributed by atoms with Gasteiger partial charge in [0, 0.05) is 24.0 Å². The van der Waals surface area contributed by atoms with Crippen LogP contribution in [-0.4, -0.2) is 21.6 Å². The second kappa shape index (κ2) is 9.12. The summed E-state index contributed by atoms with van der Waals surface area (Å²) in [6, 6.07) is 7.90. The van der Waals surface area contributed by atoms with Crippen molar-refractivity contribution in [2.75, 3.05) is 17.2 Å². The Balaban J connectivity index is 1.97. The fraction of sp³-hybridized carbons (Fsp3) is 0.353. The lowest BCUT2D eigenvalue weighted by Gasteiger charge is -2.11. The summed E-state index contributed by atoms with van der Waals surface area (Å²) in [6.07, 6.45) is 3.41. The fourth-order valence-corrected chi connectivity index (χ4v) is 2.29. The summed E-state index contributed by atoms with van der Waals surface area (Å²) in [5, 5.41) is 9.76. The second-order valence-electron chi connectivity index (χ2n) is 5.44. The van der Waals surface area contributed by atoms with E-state index in [1.54, 1.807) is 12.1 Å². The highest BCUT2D eigenvalue weighted by atomic mass is 32.1. The summed E-state index contributed by atoms with van der Waals surface area (Å²) in [4.78, 5) is 8.71. The number of rotatable bonds is 7. The molecule has 128 valence electrons. The van der Waals surface area contributed by atoms with Crippen LogP contribution in [0, 0.1) is 12.7 Å². The van der Waals surface area contributed by atoms with Crippen molar-refractivity contribution in [3.8, 4) is 0 Å². The summed E-state index contributed by atoms with van der Waals surface area (Å²) >= 11 is 5.25. The monoisotopic (exact) mass is 347 g/mol. The lowest BCUT2D eigenvalue weighted by Crippen LogP contribution is -2.30. The highest BCUT2D eigenvalue weighted by Crippen LogP contribution is 2.17. The Kier molecular flexibility index (Phi) is 6.87. The predicted octanol–water partition coefficient (Wildman–Crippen LogP) is 4.14. The average molecular weight is 347 g/mol. The molecule has 0 aliphatic heterocycles. The molecular formula is C17H22FN5S. The second-order valence-corrected chi connectivity index (χ2v) is 5.85. The van der Waals surface area contributed by atoms with Gasteiger partial charge in [-0.3, -0.25) is 0 Å². The number of nitrogens with zero attached hydrogens (tertiary/aromatic N) is 2. The molecule has 0 bridgehead atoms. The normalized spacial score (nSPS) is 10.3. The standard InChI is InChI=1S/C17H22FN5S/c1-3-4-5-10-19-17(24)23-16-20-12(2)11-15(22-16)21-14-8-6-13(18)7-9-14/h6-9,11H,3-5,10H2,1-2H3,(H3,19,20,21,22,23,24). The Hall–Kier alpha value is -2.28. The van der Waals surface area contributed by atoms with Gasteiger partial charge in [0.2, 0.25) is 5.95 Å². The smallest absolute Gasteiger partial charge is 0.231 e. The first-order valence-electron chi connectivity index (χ1n) is 8.00. The molecule has 0 atom stereocenters. The third-order valence-electron chi connectivity index (χ3n) is 3.26. The van der Waals surface area contributed by atoms with Crippen molar-refractivity contribution in [3.63, 3.8) is 0 Å². The number of unbranched alkanes of at least 4 members (excludes halogenated alkanes) is 2. The number of benzene rings is 1. The quantitative estimate of drug-likeness (QED) is 0.517. The van der Waals surface area contributed by atoms with Crippen molar-refractivity contribution in [2.24, 2.45) is 0 Å². The summed E-state index contributed by atoms with van der Waals surface area (Å²) < 4.78 is 13.0. The van der Waals surface area contributed by atoms with Crippen LogP contribution in [0.15, 0.2) is 30.3 Å². The SMILES string of the molecule is CCCCCNC(=S)Nc1nc(C)cc(Nc2ccc(F)cc2)n1. The van der Waals surface area contributed by atoms with Crippen LogP contribution in [0.3, 0.4) is 0 Å². The minimum Gasteiger partial charge on any atom is -0.362 e. The number of anilines is 3. The molecule has 2 aromatic rings. The number of thiocarbonyl (C=S) groups is 1. The number of halogens is 1. The Morgan fingerprint density at radius 3 is 2.62 bits per heavy atom. The number of hydrogen-bond acceptors (Lipinski definition) is 4. The van der Waals surface area contributed by atoms with E-state index in [1.807, 2.05) is 13.0 Å². The number of aromatic nitrogens is 2. The van der Waals surface area contributed by atoms with Crippen LogP contribution < -0.4 is 16.0 Å². The van der Waals surface area contributed by atoms with Crippen molar-refractivity contribution in [3.05, 3.63) is 41.8 Å². The Morgan fingerprint density at radius 1 is 1.17 bits per heavy atom. The maximum Gasteiger partial charge on any atom is 0.231 e. The molecule has 5 nitrogen and oxygen atoms in total. The van der Waals surface area contributed by atoms with Crippen molar-refractivity contribution < 1.29 is 4.39 Å². The molecule has 2 rings (SSSR count). The molecule has 1 aromatic heterocycles. The van der Waals surface area contributed by atoms with Crippen molar-refractivity contribution in [1.82, 2.24) is 15.3 Å². The zero-order valence-corrected chi connectivity index (χ0v) is 14.7. The Morgan fingerprint density at radius 2 is 1.92 bits per heavy atom. The third kappa shape index (κ3) is 6.08. The first kappa shape index (κ1) is 18.1. The minimum atomic E-state index is -0.277. The van der Waals surface area contributed by atoms with E-state index in [0.29, 0.717) is 16.9 Å². The number of hydrogen-bond donors (Lipinski definition) is 3. The van der Waals surface area contributed by atoms with Crippen LogP contribution in [0.4, 0.5) is 21.8 Å². The summed E-state index contributed by atoms with van der Waals surface area (Å²) in [6.45, 7) is 4.86. The topological polar surface area (TPSA) is 61.9 Å². The van der Waals surface area contributed by atoms with Crippen LogP contribution in [0.2, 0.25) is 0 Å². The molecule has 0 aliphatic rings. The van der Waals surface area contributed by atoms with Gasteiger partial charge in [-0.2, -0.15) is 4.98 Å². The van der Waals surface area contributed by atoms with Crippen LogP contribution in [-0.2, 0) is 0 Å². The lowest BCUT2D eigenvalue weighted by molar-refractivity contribution is 0.628. The van der Waals surface area contributed by atoms with Crippen LogP contribution in [0.5, 0.6) is 0 Å². The maximum absolute atomic E-state index is 13.0. The van der Waals surface area contributed by atoms with Gasteiger partial charge in [0.15, 0.2) is 5.11 Å². The molecule has 1 aromatic carbocycles. The molecule has 0 saturated heterocycles. The van der Waals surface area contributed by atoms with E-state index in [-0.39, 0.29) is 5.82 Å². The molecule has 24 heavy (non-hydrogen) atoms. The van der Waals surface area contributed by atoms with E-state index in [2.05, 4.69) is 32.8 Å². The molecule has 0 radical (unpaired) electrons. The van der Waals surface area contributed by atoms with Crippen molar-refractivity contribution in [1.29, 1.82) is 0 Å². The van der Waals surface area contributed by atoms with Crippen LogP contribution >= 0.6 is 12.2 Å². The van der Waals surface area contributed by atoms with E-state index in [0.717, 1.165) is 24.3 Å². The predicted molar refractivity (Wildman–Crippen MR) is 100 cm³/mol. The van der Waals surface area contributed by atoms with Gasteiger partial charge in [-0.05, 0) is 49.8 Å². The van der Waals surface area contributed by atoms with Gasteiger partial charge in [0.25, 0.3) is 0 Å². The van der Waals surface area contributed by atoms with E-state index in [4.69, 9.17) is 12.2 Å². The van der Waals surface area contributed by atoms with Gasteiger partial charge in [-0.25, -0.2) is 9.37 Å². The van der Waals surface area contributed by atoms with E-state index >= 15 is 0 Å². The van der Waals surface area contributed by atoms with Gasteiger partial charge >= 0.3 is 0 Å². The third-order valence-corrected chi connectivity index (χ3v) is 3.51. The van der Waals surface area contributed by atoms with E-state index in [9.17, 15) is 4.39 Å². The molecular weight excluding hydrogens is 325 g/mol. The zero-order valence-electron chi connectivity index (χ0n) is 13.9. The molecule has 0 aliphatic carbocycles. The minimum absolute atomic E-state index is 0.277. The Labute approximate surface area is 147 Å². The lowest BCUT2D eigenvalue weighted by atomic mass is 10.2. The zero-order chi connectivity index (χ0) is 17.4. The molecule has 0 amide bonds. The summed E-state index contributed by atoms with van der Waals surface area (Å²) in [5.74, 6) is 0.763. The van der Waals surface area contributed by atoms with E-state index < -0.39 is 0 Å². The molecule has 0 unspecified atom stereocenters. The summed E-state index contributed by atoms with van der Waals surface area (Å²) in [5.41, 5.74) is 1.55. The molecule has 0 fully saturated rings. The fourth-order valence-electron chi connectivity index (χ4n) is 2.09.